The fraction of sp³-hybridized carbons (Fsp3) is 0.545. The smallest absolute Gasteiger partial charge is 0.313 e. The van der Waals surface area contributed by atoms with Gasteiger partial charge in [0.25, 0.3) is 0 Å². The van der Waals surface area contributed by atoms with Gasteiger partial charge in [0.15, 0.2) is 0 Å². The number of hydrogen-bond acceptors (Lipinski definition) is 3. The van der Waals surface area contributed by atoms with Crippen LogP contribution in [-0.2, 0) is 9.53 Å². The Morgan fingerprint density at radius 3 is 2.21 bits per heavy atom. The van der Waals surface area contributed by atoms with Crippen molar-refractivity contribution in [3.05, 3.63) is 25.3 Å². The Morgan fingerprint density at radius 1 is 1.50 bits per heavy atom. The molecule has 80 valence electrons. The first-order chi connectivity index (χ1) is 6.46. The standard InChI is InChI=1S/C11H19NO2/c1-5-7-11(4,8-6-2)10(13)14-9(3)12/h5-6,9H,1-2,7-8,12H2,3-4H3. The summed E-state index contributed by atoms with van der Waals surface area (Å²) in [5, 5.41) is 0. The lowest BCUT2D eigenvalue weighted by molar-refractivity contribution is -0.159. The van der Waals surface area contributed by atoms with Gasteiger partial charge in [-0.25, -0.2) is 0 Å². The van der Waals surface area contributed by atoms with Crippen molar-refractivity contribution in [2.75, 3.05) is 0 Å². The van der Waals surface area contributed by atoms with Gasteiger partial charge in [-0.1, -0.05) is 12.2 Å². The highest BCUT2D eigenvalue weighted by atomic mass is 16.6. The molecule has 0 rings (SSSR count). The van der Waals surface area contributed by atoms with Crippen molar-refractivity contribution in [1.82, 2.24) is 0 Å². The van der Waals surface area contributed by atoms with Gasteiger partial charge in [0, 0.05) is 0 Å². The van der Waals surface area contributed by atoms with E-state index in [0.717, 1.165) is 0 Å². The zero-order valence-electron chi connectivity index (χ0n) is 8.95. The van der Waals surface area contributed by atoms with Gasteiger partial charge in [-0.2, -0.15) is 0 Å². The monoisotopic (exact) mass is 197 g/mol. The maximum Gasteiger partial charge on any atom is 0.313 e. The van der Waals surface area contributed by atoms with Gasteiger partial charge in [-0.3, -0.25) is 10.5 Å². The van der Waals surface area contributed by atoms with Crippen molar-refractivity contribution < 1.29 is 9.53 Å². The summed E-state index contributed by atoms with van der Waals surface area (Å²) in [6.45, 7) is 10.7. The van der Waals surface area contributed by atoms with E-state index < -0.39 is 11.6 Å². The minimum absolute atomic E-state index is 0.299. The van der Waals surface area contributed by atoms with Crippen LogP contribution in [0.4, 0.5) is 0 Å². The minimum atomic E-state index is -0.586. The van der Waals surface area contributed by atoms with Gasteiger partial charge in [-0.05, 0) is 26.7 Å². The number of carbonyl (C=O) groups is 1. The zero-order valence-corrected chi connectivity index (χ0v) is 8.95. The van der Waals surface area contributed by atoms with E-state index in [4.69, 9.17) is 10.5 Å². The molecule has 0 aliphatic carbocycles. The number of nitrogens with two attached hydrogens (primary N) is 1. The average molecular weight is 197 g/mol. The minimum Gasteiger partial charge on any atom is -0.447 e. The van der Waals surface area contributed by atoms with Gasteiger partial charge in [-0.15, -0.1) is 13.2 Å². The molecule has 0 aliphatic rings. The summed E-state index contributed by atoms with van der Waals surface area (Å²) in [6, 6.07) is 0. The lowest BCUT2D eigenvalue weighted by Gasteiger charge is -2.25. The second kappa shape index (κ2) is 5.60. The van der Waals surface area contributed by atoms with Crippen molar-refractivity contribution in [2.45, 2.75) is 32.9 Å². The Labute approximate surface area is 85.6 Å². The Hall–Kier alpha value is -1.09. The molecule has 3 heteroatoms. The topological polar surface area (TPSA) is 52.3 Å². The molecule has 0 aliphatic heterocycles. The largest absolute Gasteiger partial charge is 0.447 e. The predicted octanol–water partition coefficient (Wildman–Crippen LogP) is 1.99. The lowest BCUT2D eigenvalue weighted by atomic mass is 9.83. The van der Waals surface area contributed by atoms with Crippen LogP contribution < -0.4 is 5.73 Å². The van der Waals surface area contributed by atoms with Crippen molar-refractivity contribution in [3.63, 3.8) is 0 Å². The molecule has 1 atom stereocenters. The summed E-state index contributed by atoms with van der Waals surface area (Å²) in [5.74, 6) is -0.299. The van der Waals surface area contributed by atoms with E-state index in [1.165, 1.54) is 0 Å². The number of esters is 1. The third-order valence-corrected chi connectivity index (χ3v) is 1.98. The van der Waals surface area contributed by atoms with Crippen molar-refractivity contribution >= 4 is 5.97 Å². The third-order valence-electron chi connectivity index (χ3n) is 1.98. The summed E-state index contributed by atoms with van der Waals surface area (Å²) in [6.07, 6.45) is 3.95. The summed E-state index contributed by atoms with van der Waals surface area (Å²) >= 11 is 0. The molecule has 0 spiro atoms. The molecule has 0 radical (unpaired) electrons. The second-order valence-corrected chi connectivity index (χ2v) is 3.66. The Kier molecular flexibility index (Phi) is 5.16. The molecule has 0 heterocycles. The first kappa shape index (κ1) is 12.9. The van der Waals surface area contributed by atoms with E-state index in [9.17, 15) is 4.79 Å². The van der Waals surface area contributed by atoms with Crippen molar-refractivity contribution in [2.24, 2.45) is 11.1 Å². The highest BCUT2D eigenvalue weighted by Crippen LogP contribution is 2.28. The van der Waals surface area contributed by atoms with Crippen LogP contribution in [0.5, 0.6) is 0 Å². The van der Waals surface area contributed by atoms with E-state index in [1.54, 1.807) is 19.1 Å². The number of carbonyl (C=O) groups excluding carboxylic acids is 1. The molecule has 0 aromatic carbocycles. The van der Waals surface area contributed by atoms with Gasteiger partial charge < -0.3 is 4.74 Å². The van der Waals surface area contributed by atoms with Crippen LogP contribution in [0.25, 0.3) is 0 Å². The normalized spacial score (nSPS) is 13.1. The van der Waals surface area contributed by atoms with E-state index in [0.29, 0.717) is 12.8 Å². The summed E-state index contributed by atoms with van der Waals surface area (Å²) in [5.41, 5.74) is 4.80. The molecule has 0 saturated carbocycles. The summed E-state index contributed by atoms with van der Waals surface area (Å²) in [4.78, 5) is 11.7. The predicted molar refractivity (Wildman–Crippen MR) is 57.5 cm³/mol. The Bertz CT molecular complexity index is 211. The van der Waals surface area contributed by atoms with Crippen molar-refractivity contribution in [1.29, 1.82) is 0 Å². The second-order valence-electron chi connectivity index (χ2n) is 3.66. The number of ether oxygens (including phenoxy) is 1. The number of rotatable bonds is 6. The van der Waals surface area contributed by atoms with Crippen LogP contribution in [-0.4, -0.2) is 12.2 Å². The molecule has 0 saturated heterocycles. The van der Waals surface area contributed by atoms with Crippen LogP contribution in [0.3, 0.4) is 0 Å². The molecule has 0 aromatic heterocycles. The number of hydrogen-bond donors (Lipinski definition) is 1. The SMILES string of the molecule is C=CCC(C)(CC=C)C(=O)OC(C)N. The maximum absolute atomic E-state index is 11.7. The molecule has 2 N–H and O–H groups in total. The zero-order chi connectivity index (χ0) is 11.2. The first-order valence-corrected chi connectivity index (χ1v) is 4.64. The molecule has 14 heavy (non-hydrogen) atoms. The quantitative estimate of drug-likeness (QED) is 0.402. The molecular weight excluding hydrogens is 178 g/mol. The van der Waals surface area contributed by atoms with E-state index in [2.05, 4.69) is 13.2 Å². The van der Waals surface area contributed by atoms with Gasteiger partial charge in [0.1, 0.15) is 6.23 Å². The molecule has 0 fully saturated rings. The maximum atomic E-state index is 11.7. The van der Waals surface area contributed by atoms with Crippen LogP contribution >= 0.6 is 0 Å². The van der Waals surface area contributed by atoms with Crippen molar-refractivity contribution in [3.8, 4) is 0 Å². The molecule has 0 aromatic rings. The average Bonchev–Trinajstić information content (AvgIpc) is 2.03. The van der Waals surface area contributed by atoms with Gasteiger partial charge in [0.2, 0.25) is 0 Å². The highest BCUT2D eigenvalue weighted by Gasteiger charge is 2.32. The van der Waals surface area contributed by atoms with E-state index in [1.807, 2.05) is 6.92 Å². The highest BCUT2D eigenvalue weighted by molar-refractivity contribution is 5.77. The fourth-order valence-electron chi connectivity index (χ4n) is 1.20. The van der Waals surface area contributed by atoms with Crippen LogP contribution in [0.1, 0.15) is 26.7 Å². The van der Waals surface area contributed by atoms with Gasteiger partial charge in [0.05, 0.1) is 5.41 Å². The summed E-state index contributed by atoms with van der Waals surface area (Å²) < 4.78 is 4.96. The lowest BCUT2D eigenvalue weighted by Crippen LogP contribution is -2.34. The van der Waals surface area contributed by atoms with Gasteiger partial charge >= 0.3 is 5.97 Å². The number of allylic oxidation sites excluding steroid dienone is 2. The summed E-state index contributed by atoms with van der Waals surface area (Å²) in [7, 11) is 0. The van der Waals surface area contributed by atoms with Crippen LogP contribution in [0.15, 0.2) is 25.3 Å². The molecule has 3 nitrogen and oxygen atoms in total. The third kappa shape index (κ3) is 3.75. The van der Waals surface area contributed by atoms with E-state index >= 15 is 0 Å². The van der Waals surface area contributed by atoms with Crippen LogP contribution in [0.2, 0.25) is 0 Å². The Balaban J connectivity index is 4.53. The molecule has 1 unspecified atom stereocenters. The first-order valence-electron chi connectivity index (χ1n) is 4.64. The molecule has 0 amide bonds. The molecule has 0 bridgehead atoms. The Morgan fingerprint density at radius 2 is 1.93 bits per heavy atom. The van der Waals surface area contributed by atoms with Crippen LogP contribution in [0, 0.1) is 5.41 Å². The van der Waals surface area contributed by atoms with E-state index in [-0.39, 0.29) is 5.97 Å². The fourth-order valence-corrected chi connectivity index (χ4v) is 1.20. The molecular formula is C11H19NO2.